The molecule has 5 heteroatoms. The van der Waals surface area contributed by atoms with Gasteiger partial charge in [0.25, 0.3) is 5.88 Å². The Kier molecular flexibility index (Phi) is 3.39. The molecule has 1 aromatic rings. The van der Waals surface area contributed by atoms with Gasteiger partial charge in [0.2, 0.25) is 0 Å². The van der Waals surface area contributed by atoms with E-state index in [9.17, 15) is 9.18 Å². The highest BCUT2D eigenvalue weighted by Gasteiger charge is 2.15. The Morgan fingerprint density at radius 1 is 1.71 bits per heavy atom. The van der Waals surface area contributed by atoms with Crippen LogP contribution in [0.3, 0.4) is 0 Å². The first-order valence-corrected chi connectivity index (χ1v) is 4.17. The number of carboxylic acid groups (broad SMARTS) is 1. The van der Waals surface area contributed by atoms with Crippen LogP contribution in [-0.4, -0.2) is 22.7 Å². The molecule has 1 heterocycles. The summed E-state index contributed by atoms with van der Waals surface area (Å²) >= 11 is 0. The van der Waals surface area contributed by atoms with Gasteiger partial charge in [0.1, 0.15) is 5.56 Å². The summed E-state index contributed by atoms with van der Waals surface area (Å²) in [5.41, 5.74) is -0.425. The van der Waals surface area contributed by atoms with Crippen molar-refractivity contribution in [2.45, 2.75) is 13.3 Å². The maximum atomic E-state index is 13.3. The second-order valence-corrected chi connectivity index (χ2v) is 2.63. The van der Waals surface area contributed by atoms with Gasteiger partial charge in [-0.05, 0) is 12.5 Å². The number of rotatable bonds is 4. The van der Waals surface area contributed by atoms with Gasteiger partial charge >= 0.3 is 5.97 Å². The van der Waals surface area contributed by atoms with Crippen molar-refractivity contribution in [1.29, 1.82) is 0 Å². The SMILES string of the molecule is CCCOc1nccc(C(=O)O)c1F. The zero-order valence-electron chi connectivity index (χ0n) is 7.66. The van der Waals surface area contributed by atoms with E-state index in [-0.39, 0.29) is 5.88 Å². The van der Waals surface area contributed by atoms with E-state index in [0.717, 1.165) is 6.07 Å². The van der Waals surface area contributed by atoms with Crippen molar-refractivity contribution in [3.05, 3.63) is 23.6 Å². The number of aromatic nitrogens is 1. The van der Waals surface area contributed by atoms with Crippen LogP contribution in [-0.2, 0) is 0 Å². The Labute approximate surface area is 80.3 Å². The van der Waals surface area contributed by atoms with Crippen LogP contribution in [0.5, 0.6) is 5.88 Å². The van der Waals surface area contributed by atoms with E-state index in [1.807, 2.05) is 6.92 Å². The van der Waals surface area contributed by atoms with E-state index in [2.05, 4.69) is 4.98 Å². The van der Waals surface area contributed by atoms with Gasteiger partial charge in [-0.15, -0.1) is 0 Å². The van der Waals surface area contributed by atoms with Crippen LogP contribution in [0.15, 0.2) is 12.3 Å². The minimum absolute atomic E-state index is 0.258. The zero-order chi connectivity index (χ0) is 10.6. The molecule has 0 saturated heterocycles. The molecule has 0 unspecified atom stereocenters. The Morgan fingerprint density at radius 3 is 3.00 bits per heavy atom. The fraction of sp³-hybridized carbons (Fsp3) is 0.333. The van der Waals surface area contributed by atoms with E-state index in [0.29, 0.717) is 13.0 Å². The molecular formula is C9H10FNO3. The third-order valence-electron chi connectivity index (χ3n) is 1.53. The summed E-state index contributed by atoms with van der Waals surface area (Å²) in [6, 6.07) is 1.09. The van der Waals surface area contributed by atoms with Gasteiger partial charge < -0.3 is 9.84 Å². The van der Waals surface area contributed by atoms with Crippen molar-refractivity contribution in [3.8, 4) is 5.88 Å². The van der Waals surface area contributed by atoms with Crippen LogP contribution in [0.1, 0.15) is 23.7 Å². The summed E-state index contributed by atoms with van der Waals surface area (Å²) in [7, 11) is 0. The molecule has 0 aliphatic rings. The Morgan fingerprint density at radius 2 is 2.43 bits per heavy atom. The largest absolute Gasteiger partial charge is 0.478 e. The molecule has 0 amide bonds. The van der Waals surface area contributed by atoms with Crippen LogP contribution in [0.25, 0.3) is 0 Å². The van der Waals surface area contributed by atoms with E-state index in [4.69, 9.17) is 9.84 Å². The smallest absolute Gasteiger partial charge is 0.338 e. The average molecular weight is 199 g/mol. The molecule has 0 atom stereocenters. The second kappa shape index (κ2) is 4.55. The lowest BCUT2D eigenvalue weighted by Crippen LogP contribution is -2.06. The third-order valence-corrected chi connectivity index (χ3v) is 1.53. The quantitative estimate of drug-likeness (QED) is 0.801. The molecule has 0 radical (unpaired) electrons. The van der Waals surface area contributed by atoms with Crippen LogP contribution in [0.2, 0.25) is 0 Å². The van der Waals surface area contributed by atoms with Crippen molar-refractivity contribution >= 4 is 5.97 Å². The highest BCUT2D eigenvalue weighted by Crippen LogP contribution is 2.17. The molecule has 4 nitrogen and oxygen atoms in total. The van der Waals surface area contributed by atoms with E-state index >= 15 is 0 Å². The van der Waals surface area contributed by atoms with Crippen molar-refractivity contribution < 1.29 is 19.0 Å². The lowest BCUT2D eigenvalue weighted by Gasteiger charge is -2.05. The fourth-order valence-electron chi connectivity index (χ4n) is 0.889. The molecular weight excluding hydrogens is 189 g/mol. The molecule has 0 aliphatic carbocycles. The van der Waals surface area contributed by atoms with Gasteiger partial charge in [-0.25, -0.2) is 14.2 Å². The van der Waals surface area contributed by atoms with E-state index in [1.54, 1.807) is 0 Å². The van der Waals surface area contributed by atoms with Gasteiger partial charge in [-0.1, -0.05) is 6.92 Å². The molecule has 14 heavy (non-hydrogen) atoms. The molecule has 1 aromatic heterocycles. The third kappa shape index (κ3) is 2.18. The van der Waals surface area contributed by atoms with Gasteiger partial charge in [0.15, 0.2) is 5.82 Å². The summed E-state index contributed by atoms with van der Waals surface area (Å²) in [5, 5.41) is 8.59. The molecule has 0 bridgehead atoms. The second-order valence-electron chi connectivity index (χ2n) is 2.63. The molecule has 0 saturated carbocycles. The van der Waals surface area contributed by atoms with Crippen molar-refractivity contribution in [1.82, 2.24) is 4.98 Å². The predicted octanol–water partition coefficient (Wildman–Crippen LogP) is 1.71. The first kappa shape index (κ1) is 10.4. The molecule has 0 aromatic carbocycles. The molecule has 0 spiro atoms. The highest BCUT2D eigenvalue weighted by molar-refractivity contribution is 5.88. The topological polar surface area (TPSA) is 59.4 Å². The van der Waals surface area contributed by atoms with Crippen LogP contribution < -0.4 is 4.74 Å². The monoisotopic (exact) mass is 199 g/mol. The minimum Gasteiger partial charge on any atom is -0.478 e. The number of hydrogen-bond donors (Lipinski definition) is 1. The average Bonchev–Trinajstić information content (AvgIpc) is 2.16. The van der Waals surface area contributed by atoms with Crippen molar-refractivity contribution in [3.63, 3.8) is 0 Å². The lowest BCUT2D eigenvalue weighted by molar-refractivity contribution is 0.0690. The Hall–Kier alpha value is -1.65. The zero-order valence-corrected chi connectivity index (χ0v) is 7.66. The molecule has 1 rings (SSSR count). The summed E-state index contributed by atoms with van der Waals surface area (Å²) in [4.78, 5) is 14.1. The van der Waals surface area contributed by atoms with Crippen LogP contribution >= 0.6 is 0 Å². The van der Waals surface area contributed by atoms with Crippen molar-refractivity contribution in [2.24, 2.45) is 0 Å². The number of aromatic carboxylic acids is 1. The maximum absolute atomic E-state index is 13.3. The summed E-state index contributed by atoms with van der Waals surface area (Å²) in [5.74, 6) is -2.51. The number of carboxylic acids is 1. The molecule has 0 fully saturated rings. The molecule has 76 valence electrons. The number of pyridine rings is 1. The van der Waals surface area contributed by atoms with Crippen LogP contribution in [0.4, 0.5) is 4.39 Å². The summed E-state index contributed by atoms with van der Waals surface area (Å²) < 4.78 is 18.2. The number of carbonyl (C=O) groups is 1. The molecule has 1 N–H and O–H groups in total. The predicted molar refractivity (Wildman–Crippen MR) is 46.9 cm³/mol. The minimum atomic E-state index is -1.33. The number of nitrogens with zero attached hydrogens (tertiary/aromatic N) is 1. The van der Waals surface area contributed by atoms with Crippen molar-refractivity contribution in [2.75, 3.05) is 6.61 Å². The Bertz CT molecular complexity index is 341. The standard InChI is InChI=1S/C9H10FNO3/c1-2-5-14-8-7(10)6(9(12)13)3-4-11-8/h3-4H,2,5H2,1H3,(H,12,13). The maximum Gasteiger partial charge on any atom is 0.338 e. The normalized spacial score (nSPS) is 9.86. The van der Waals surface area contributed by atoms with E-state index < -0.39 is 17.3 Å². The van der Waals surface area contributed by atoms with Crippen LogP contribution in [0, 0.1) is 5.82 Å². The van der Waals surface area contributed by atoms with Gasteiger partial charge in [-0.2, -0.15) is 0 Å². The Balaban J connectivity index is 2.95. The van der Waals surface area contributed by atoms with Gasteiger partial charge in [-0.3, -0.25) is 0 Å². The van der Waals surface area contributed by atoms with Gasteiger partial charge in [0.05, 0.1) is 6.61 Å². The number of hydrogen-bond acceptors (Lipinski definition) is 3. The van der Waals surface area contributed by atoms with Gasteiger partial charge in [0, 0.05) is 6.20 Å². The van der Waals surface area contributed by atoms with E-state index in [1.165, 1.54) is 6.20 Å². The molecule has 0 aliphatic heterocycles. The number of ether oxygens (including phenoxy) is 1. The number of halogens is 1. The lowest BCUT2D eigenvalue weighted by atomic mass is 10.2. The summed E-state index contributed by atoms with van der Waals surface area (Å²) in [6.45, 7) is 2.17. The summed E-state index contributed by atoms with van der Waals surface area (Å²) in [6.07, 6.45) is 1.91. The fourth-order valence-corrected chi connectivity index (χ4v) is 0.889. The first-order valence-electron chi connectivity index (χ1n) is 4.17. The first-order chi connectivity index (χ1) is 6.66. The highest BCUT2D eigenvalue weighted by atomic mass is 19.1.